The van der Waals surface area contributed by atoms with Crippen molar-refractivity contribution in [2.24, 2.45) is 0 Å². The molecule has 0 aromatic heterocycles. The summed E-state index contributed by atoms with van der Waals surface area (Å²) in [6.45, 7) is 0.585. The molecule has 3 nitrogen and oxygen atoms in total. The molecule has 1 aliphatic rings. The highest BCUT2D eigenvalue weighted by Gasteiger charge is 2.51. The van der Waals surface area contributed by atoms with E-state index < -0.39 is 0 Å². The van der Waals surface area contributed by atoms with Crippen molar-refractivity contribution in [1.29, 1.82) is 0 Å². The van der Waals surface area contributed by atoms with Crippen LogP contribution in [0.3, 0.4) is 0 Å². The number of hydrogen-bond acceptors (Lipinski definition) is 2. The van der Waals surface area contributed by atoms with Crippen LogP contribution in [0.2, 0.25) is 5.02 Å². The molecule has 126 valence electrons. The summed E-state index contributed by atoms with van der Waals surface area (Å²) in [5.41, 5.74) is 1.95. The standard InChI is InChI=1S/C20H23ClN2O/c1-23(2)18(15-8-10-17(21)11-9-15)14-22-19(24)20(12-13-20)16-6-4-3-5-7-16/h3-11,18H,12-14H2,1-2H3,(H,22,24). The van der Waals surface area contributed by atoms with E-state index in [9.17, 15) is 4.79 Å². The van der Waals surface area contributed by atoms with Crippen LogP contribution in [0, 0.1) is 0 Å². The van der Waals surface area contributed by atoms with E-state index in [1.165, 1.54) is 0 Å². The molecule has 0 aliphatic heterocycles. The van der Waals surface area contributed by atoms with Gasteiger partial charge in [-0.1, -0.05) is 54.1 Å². The largest absolute Gasteiger partial charge is 0.353 e. The number of benzene rings is 2. The second-order valence-corrected chi connectivity index (χ2v) is 7.13. The van der Waals surface area contributed by atoms with Gasteiger partial charge in [-0.25, -0.2) is 0 Å². The van der Waals surface area contributed by atoms with Crippen LogP contribution in [-0.2, 0) is 10.2 Å². The molecule has 1 fully saturated rings. The molecule has 1 aliphatic carbocycles. The van der Waals surface area contributed by atoms with Crippen LogP contribution < -0.4 is 5.32 Å². The normalized spacial score (nSPS) is 16.7. The Morgan fingerprint density at radius 1 is 1.12 bits per heavy atom. The second-order valence-electron chi connectivity index (χ2n) is 6.69. The Labute approximate surface area is 148 Å². The molecular weight excluding hydrogens is 320 g/mol. The smallest absolute Gasteiger partial charge is 0.230 e. The predicted octanol–water partition coefficient (Wildman–Crippen LogP) is 3.79. The number of likely N-dealkylation sites (N-methyl/N-ethyl adjacent to an activating group) is 1. The van der Waals surface area contributed by atoms with E-state index in [1.54, 1.807) is 0 Å². The molecule has 2 aromatic rings. The average molecular weight is 343 g/mol. The van der Waals surface area contributed by atoms with E-state index >= 15 is 0 Å². The summed E-state index contributed by atoms with van der Waals surface area (Å²) < 4.78 is 0. The highest BCUT2D eigenvalue weighted by Crippen LogP contribution is 2.48. The first kappa shape index (κ1) is 17.0. The van der Waals surface area contributed by atoms with E-state index in [2.05, 4.69) is 22.3 Å². The maximum atomic E-state index is 12.8. The summed E-state index contributed by atoms with van der Waals surface area (Å²) in [5.74, 6) is 0.134. The third kappa shape index (κ3) is 3.47. The molecule has 1 atom stereocenters. The number of carbonyl (C=O) groups is 1. The zero-order chi connectivity index (χ0) is 17.2. The van der Waals surface area contributed by atoms with E-state index in [0.717, 1.165) is 29.0 Å². The third-order valence-corrected chi connectivity index (χ3v) is 5.10. The van der Waals surface area contributed by atoms with Gasteiger partial charge >= 0.3 is 0 Å². The van der Waals surface area contributed by atoms with E-state index in [4.69, 9.17) is 11.6 Å². The number of hydrogen-bond donors (Lipinski definition) is 1. The lowest BCUT2D eigenvalue weighted by atomic mass is 9.95. The topological polar surface area (TPSA) is 32.3 Å². The lowest BCUT2D eigenvalue weighted by molar-refractivity contribution is -0.123. The Morgan fingerprint density at radius 2 is 1.75 bits per heavy atom. The molecule has 0 heterocycles. The molecule has 1 amide bonds. The first-order valence-electron chi connectivity index (χ1n) is 8.29. The minimum absolute atomic E-state index is 0.123. The van der Waals surface area contributed by atoms with E-state index in [-0.39, 0.29) is 17.4 Å². The Bertz CT molecular complexity index is 693. The van der Waals surface area contributed by atoms with Gasteiger partial charge in [0.1, 0.15) is 0 Å². The first-order chi connectivity index (χ1) is 11.5. The van der Waals surface area contributed by atoms with Crippen molar-refractivity contribution in [3.8, 4) is 0 Å². The maximum absolute atomic E-state index is 12.8. The van der Waals surface area contributed by atoms with Crippen LogP contribution >= 0.6 is 11.6 Å². The van der Waals surface area contributed by atoms with E-state index in [0.29, 0.717) is 6.54 Å². The number of nitrogens with zero attached hydrogens (tertiary/aromatic N) is 1. The van der Waals surface area contributed by atoms with Crippen LogP contribution in [-0.4, -0.2) is 31.4 Å². The van der Waals surface area contributed by atoms with Crippen molar-refractivity contribution >= 4 is 17.5 Å². The van der Waals surface area contributed by atoms with Gasteiger partial charge in [-0.2, -0.15) is 0 Å². The molecule has 0 bridgehead atoms. The molecule has 0 spiro atoms. The molecule has 1 unspecified atom stereocenters. The molecule has 3 rings (SSSR count). The number of nitrogens with one attached hydrogen (secondary N) is 1. The highest BCUT2D eigenvalue weighted by molar-refractivity contribution is 6.30. The summed E-state index contributed by atoms with van der Waals surface area (Å²) in [4.78, 5) is 14.9. The fourth-order valence-corrected chi connectivity index (χ4v) is 3.30. The molecular formula is C20H23ClN2O. The number of halogens is 1. The number of rotatable bonds is 6. The molecule has 4 heteroatoms. The van der Waals surface area contributed by atoms with Crippen LogP contribution in [0.1, 0.15) is 30.0 Å². The van der Waals surface area contributed by atoms with Crippen molar-refractivity contribution in [3.05, 3.63) is 70.7 Å². The zero-order valence-electron chi connectivity index (χ0n) is 14.1. The quantitative estimate of drug-likeness (QED) is 0.866. The molecule has 0 radical (unpaired) electrons. The molecule has 2 aromatic carbocycles. The molecule has 1 N–H and O–H groups in total. The second kappa shape index (κ2) is 6.96. The SMILES string of the molecule is CN(C)C(CNC(=O)C1(c2ccccc2)CC1)c1ccc(Cl)cc1. The molecule has 0 saturated heterocycles. The van der Waals surface area contributed by atoms with Gasteiger partial charge < -0.3 is 10.2 Å². The summed E-state index contributed by atoms with van der Waals surface area (Å²) in [7, 11) is 4.05. The van der Waals surface area contributed by atoms with Crippen LogP contribution in [0.25, 0.3) is 0 Å². The van der Waals surface area contributed by atoms with Gasteiger partial charge in [0, 0.05) is 11.6 Å². The summed E-state index contributed by atoms with van der Waals surface area (Å²) >= 11 is 5.98. The van der Waals surface area contributed by atoms with Crippen molar-refractivity contribution in [2.45, 2.75) is 24.3 Å². The Morgan fingerprint density at radius 3 is 2.29 bits per heavy atom. The predicted molar refractivity (Wildman–Crippen MR) is 98.2 cm³/mol. The summed E-state index contributed by atoms with van der Waals surface area (Å²) in [5, 5.41) is 3.89. The summed E-state index contributed by atoms with van der Waals surface area (Å²) in [6, 6.07) is 18.0. The number of amides is 1. The Balaban J connectivity index is 1.69. The Hall–Kier alpha value is -1.84. The zero-order valence-corrected chi connectivity index (χ0v) is 14.9. The minimum Gasteiger partial charge on any atom is -0.353 e. The van der Waals surface area contributed by atoms with E-state index in [1.807, 2.05) is 56.6 Å². The lowest BCUT2D eigenvalue weighted by Gasteiger charge is -2.26. The highest BCUT2D eigenvalue weighted by atomic mass is 35.5. The monoisotopic (exact) mass is 342 g/mol. The maximum Gasteiger partial charge on any atom is 0.230 e. The van der Waals surface area contributed by atoms with Gasteiger partial charge in [0.15, 0.2) is 0 Å². The molecule has 1 saturated carbocycles. The van der Waals surface area contributed by atoms with Gasteiger partial charge in [-0.3, -0.25) is 4.79 Å². The van der Waals surface area contributed by atoms with Crippen molar-refractivity contribution in [2.75, 3.05) is 20.6 Å². The van der Waals surface area contributed by atoms with Crippen molar-refractivity contribution in [1.82, 2.24) is 10.2 Å². The fraction of sp³-hybridized carbons (Fsp3) is 0.350. The van der Waals surface area contributed by atoms with Crippen molar-refractivity contribution in [3.63, 3.8) is 0 Å². The minimum atomic E-state index is -0.321. The van der Waals surface area contributed by atoms with Crippen LogP contribution in [0.4, 0.5) is 0 Å². The average Bonchev–Trinajstić information content (AvgIpc) is 3.39. The van der Waals surface area contributed by atoms with Crippen LogP contribution in [0.5, 0.6) is 0 Å². The third-order valence-electron chi connectivity index (χ3n) is 4.85. The number of carbonyl (C=O) groups excluding carboxylic acids is 1. The van der Waals surface area contributed by atoms with Gasteiger partial charge in [-0.15, -0.1) is 0 Å². The van der Waals surface area contributed by atoms with Gasteiger partial charge in [0.05, 0.1) is 11.5 Å². The fourth-order valence-electron chi connectivity index (χ4n) is 3.17. The molecule has 24 heavy (non-hydrogen) atoms. The lowest BCUT2D eigenvalue weighted by Crippen LogP contribution is -2.40. The first-order valence-corrected chi connectivity index (χ1v) is 8.66. The summed E-state index contributed by atoms with van der Waals surface area (Å²) in [6.07, 6.45) is 1.85. The van der Waals surface area contributed by atoms with Gasteiger partial charge in [0.2, 0.25) is 5.91 Å². The van der Waals surface area contributed by atoms with Crippen molar-refractivity contribution < 1.29 is 4.79 Å². The van der Waals surface area contributed by atoms with Gasteiger partial charge in [0.25, 0.3) is 0 Å². The Kier molecular flexibility index (Phi) is 4.93. The van der Waals surface area contributed by atoms with Crippen LogP contribution in [0.15, 0.2) is 54.6 Å². The van der Waals surface area contributed by atoms with Gasteiger partial charge in [-0.05, 0) is 50.2 Å².